The molecule has 1 aromatic rings. The average Bonchev–Trinajstić information content (AvgIpc) is 3.43. The molecule has 2 fully saturated rings. The number of rotatable bonds is 9. The Balaban J connectivity index is 0.00000320. The van der Waals surface area contributed by atoms with Gasteiger partial charge >= 0.3 is 0 Å². The van der Waals surface area contributed by atoms with Gasteiger partial charge in [-0.25, -0.2) is 18.1 Å². The quantitative estimate of drug-likeness (QED) is 0.246. The molecule has 0 amide bonds. The van der Waals surface area contributed by atoms with Crippen LogP contribution in [0.5, 0.6) is 0 Å². The van der Waals surface area contributed by atoms with Gasteiger partial charge in [-0.15, -0.1) is 24.0 Å². The maximum atomic E-state index is 12.4. The van der Waals surface area contributed by atoms with Crippen molar-refractivity contribution in [2.75, 3.05) is 32.8 Å². The number of aliphatic imine (C=N–C) groups is 1. The van der Waals surface area contributed by atoms with E-state index in [1.165, 1.54) is 0 Å². The van der Waals surface area contributed by atoms with Crippen molar-refractivity contribution in [3.8, 4) is 0 Å². The van der Waals surface area contributed by atoms with E-state index >= 15 is 0 Å². The summed E-state index contributed by atoms with van der Waals surface area (Å²) < 4.78 is 38.6. The lowest BCUT2D eigenvalue weighted by atomic mass is 10.2. The number of hydrogen-bond donors (Lipinski definition) is 3. The summed E-state index contributed by atoms with van der Waals surface area (Å²) in [5.74, 6) is 0.734. The zero-order chi connectivity index (χ0) is 20.5. The molecule has 3 rings (SSSR count). The first-order chi connectivity index (χ1) is 14.1. The molecular formula is C20H33IN4O4S. The van der Waals surface area contributed by atoms with Crippen molar-refractivity contribution in [2.45, 2.75) is 56.3 Å². The van der Waals surface area contributed by atoms with E-state index in [-0.39, 0.29) is 41.1 Å². The van der Waals surface area contributed by atoms with Crippen molar-refractivity contribution in [3.05, 3.63) is 29.8 Å². The van der Waals surface area contributed by atoms with Crippen LogP contribution in [0.3, 0.4) is 0 Å². The van der Waals surface area contributed by atoms with E-state index in [9.17, 15) is 8.42 Å². The number of sulfonamides is 1. The molecule has 1 aromatic carbocycles. The van der Waals surface area contributed by atoms with E-state index in [1.807, 2.05) is 6.92 Å². The Morgan fingerprint density at radius 1 is 1.03 bits per heavy atom. The third-order valence-electron chi connectivity index (χ3n) is 5.04. The Hall–Kier alpha value is -0.950. The van der Waals surface area contributed by atoms with Crippen molar-refractivity contribution in [2.24, 2.45) is 4.99 Å². The Labute approximate surface area is 196 Å². The predicted molar refractivity (Wildman–Crippen MR) is 128 cm³/mol. The van der Waals surface area contributed by atoms with Crippen molar-refractivity contribution in [1.82, 2.24) is 15.4 Å². The zero-order valence-electron chi connectivity index (χ0n) is 17.4. The van der Waals surface area contributed by atoms with Crippen LogP contribution >= 0.6 is 24.0 Å². The Morgan fingerprint density at radius 2 is 1.67 bits per heavy atom. The first-order valence-corrected chi connectivity index (χ1v) is 11.9. The molecule has 170 valence electrons. The van der Waals surface area contributed by atoms with Gasteiger partial charge in [0.1, 0.15) is 0 Å². The molecule has 8 nitrogen and oxygen atoms in total. The van der Waals surface area contributed by atoms with Gasteiger partial charge in [-0.2, -0.15) is 0 Å². The largest absolute Gasteiger partial charge is 0.377 e. The van der Waals surface area contributed by atoms with Gasteiger partial charge in [0.2, 0.25) is 10.0 Å². The second kappa shape index (κ2) is 12.8. The summed E-state index contributed by atoms with van der Waals surface area (Å²) in [6.07, 6.45) is 4.28. The van der Waals surface area contributed by atoms with Crippen LogP contribution in [-0.2, 0) is 26.0 Å². The minimum atomic E-state index is -3.53. The Bertz CT molecular complexity index is 762. The smallest absolute Gasteiger partial charge is 0.240 e. The number of hydrogen-bond acceptors (Lipinski definition) is 5. The molecule has 2 saturated heterocycles. The highest BCUT2D eigenvalue weighted by Crippen LogP contribution is 2.14. The maximum absolute atomic E-state index is 12.4. The molecular weight excluding hydrogens is 519 g/mol. The summed E-state index contributed by atoms with van der Waals surface area (Å²) >= 11 is 0. The molecule has 0 saturated carbocycles. The fourth-order valence-corrected chi connectivity index (χ4v) is 4.46. The fourth-order valence-electron chi connectivity index (χ4n) is 3.39. The molecule has 10 heteroatoms. The normalized spacial score (nSPS) is 22.0. The van der Waals surface area contributed by atoms with Crippen LogP contribution in [0.2, 0.25) is 0 Å². The molecule has 3 N–H and O–H groups in total. The summed E-state index contributed by atoms with van der Waals surface area (Å²) in [6, 6.07) is 6.84. The molecule has 2 aliphatic heterocycles. The zero-order valence-corrected chi connectivity index (χ0v) is 20.6. The van der Waals surface area contributed by atoms with Crippen LogP contribution in [0.15, 0.2) is 34.2 Å². The number of benzene rings is 1. The average molecular weight is 552 g/mol. The lowest BCUT2D eigenvalue weighted by molar-refractivity contribution is 0.113. The molecule has 2 atom stereocenters. The van der Waals surface area contributed by atoms with E-state index in [1.54, 1.807) is 24.3 Å². The van der Waals surface area contributed by atoms with E-state index in [2.05, 4.69) is 20.3 Å². The van der Waals surface area contributed by atoms with Gasteiger partial charge in [0.05, 0.1) is 23.6 Å². The number of guanidine groups is 1. The summed E-state index contributed by atoms with van der Waals surface area (Å²) in [7, 11) is -3.53. The number of halogens is 1. The SMILES string of the molecule is CCNC(=NCc1ccc(S(=O)(=O)NCC2CCCO2)cc1)NCC1CCCO1.I. The van der Waals surface area contributed by atoms with E-state index in [0.29, 0.717) is 19.7 Å². The molecule has 0 spiro atoms. The van der Waals surface area contributed by atoms with Crippen LogP contribution in [0.25, 0.3) is 0 Å². The Morgan fingerprint density at radius 3 is 2.23 bits per heavy atom. The molecule has 2 aliphatic rings. The van der Waals surface area contributed by atoms with E-state index in [0.717, 1.165) is 56.9 Å². The molecule has 0 bridgehead atoms. The molecule has 0 radical (unpaired) electrons. The van der Waals surface area contributed by atoms with Gasteiger partial charge in [-0.1, -0.05) is 12.1 Å². The monoisotopic (exact) mass is 552 g/mol. The second-order valence-corrected chi connectivity index (χ2v) is 9.11. The lowest BCUT2D eigenvalue weighted by Gasteiger charge is -2.15. The highest BCUT2D eigenvalue weighted by Gasteiger charge is 2.20. The number of nitrogens with one attached hydrogen (secondary N) is 3. The second-order valence-electron chi connectivity index (χ2n) is 7.34. The maximum Gasteiger partial charge on any atom is 0.240 e. The third kappa shape index (κ3) is 7.95. The summed E-state index contributed by atoms with van der Waals surface area (Å²) in [6.45, 7) is 5.84. The summed E-state index contributed by atoms with van der Waals surface area (Å²) in [4.78, 5) is 4.84. The van der Waals surface area contributed by atoms with Crippen LogP contribution in [0.4, 0.5) is 0 Å². The minimum Gasteiger partial charge on any atom is -0.377 e. The Kier molecular flexibility index (Phi) is 10.8. The predicted octanol–water partition coefficient (Wildman–Crippen LogP) is 2.00. The molecule has 0 aromatic heterocycles. The number of ether oxygens (including phenoxy) is 2. The van der Waals surface area contributed by atoms with Crippen molar-refractivity contribution in [3.63, 3.8) is 0 Å². The van der Waals surface area contributed by atoms with Gasteiger partial charge in [0.25, 0.3) is 0 Å². The summed E-state index contributed by atoms with van der Waals surface area (Å²) in [5.41, 5.74) is 0.942. The van der Waals surface area contributed by atoms with Crippen LogP contribution in [0.1, 0.15) is 38.2 Å². The minimum absolute atomic E-state index is 0. The fraction of sp³-hybridized carbons (Fsp3) is 0.650. The van der Waals surface area contributed by atoms with E-state index < -0.39 is 10.0 Å². The van der Waals surface area contributed by atoms with Crippen molar-refractivity contribution in [1.29, 1.82) is 0 Å². The first kappa shape index (κ1) is 25.3. The van der Waals surface area contributed by atoms with Gasteiger partial charge in [-0.3, -0.25) is 0 Å². The van der Waals surface area contributed by atoms with Crippen LogP contribution in [0, 0.1) is 0 Å². The standard InChI is InChI=1S/C20H32N4O4S.HI/c1-2-21-20(23-14-17-5-3-11-27-17)22-13-16-7-9-19(10-8-16)29(25,26)24-15-18-6-4-12-28-18;/h7-10,17-18,24H,2-6,11-15H2,1H3,(H2,21,22,23);1H. The van der Waals surface area contributed by atoms with Gasteiger partial charge in [0, 0.05) is 32.8 Å². The van der Waals surface area contributed by atoms with Crippen molar-refractivity contribution >= 4 is 40.0 Å². The van der Waals surface area contributed by atoms with E-state index in [4.69, 9.17) is 9.47 Å². The molecule has 2 heterocycles. The van der Waals surface area contributed by atoms with Gasteiger partial charge in [-0.05, 0) is 50.3 Å². The lowest BCUT2D eigenvalue weighted by Crippen LogP contribution is -2.41. The summed E-state index contributed by atoms with van der Waals surface area (Å²) in [5, 5.41) is 6.53. The molecule has 0 aliphatic carbocycles. The highest BCUT2D eigenvalue weighted by molar-refractivity contribution is 14.0. The van der Waals surface area contributed by atoms with Gasteiger partial charge in [0.15, 0.2) is 5.96 Å². The first-order valence-electron chi connectivity index (χ1n) is 10.4. The topological polar surface area (TPSA) is 101 Å². The van der Waals surface area contributed by atoms with Crippen molar-refractivity contribution < 1.29 is 17.9 Å². The highest BCUT2D eigenvalue weighted by atomic mass is 127. The van der Waals surface area contributed by atoms with Gasteiger partial charge < -0.3 is 20.1 Å². The van der Waals surface area contributed by atoms with Crippen LogP contribution < -0.4 is 15.4 Å². The molecule has 2 unspecified atom stereocenters. The number of nitrogens with zero attached hydrogens (tertiary/aromatic N) is 1. The molecule has 30 heavy (non-hydrogen) atoms. The third-order valence-corrected chi connectivity index (χ3v) is 6.48. The van der Waals surface area contributed by atoms with Crippen LogP contribution in [-0.4, -0.2) is 59.4 Å².